The number of aliphatic imine (C=N–C) groups is 1. The molecule has 0 spiro atoms. The van der Waals surface area contributed by atoms with E-state index in [9.17, 15) is 9.59 Å². The van der Waals surface area contributed by atoms with Gasteiger partial charge in [-0.15, -0.1) is 0 Å². The highest BCUT2D eigenvalue weighted by atomic mass is 16.2. The average molecular weight is 529 g/mol. The largest absolute Gasteiger partial charge is 0.325 e. The second kappa shape index (κ2) is 11.7. The summed E-state index contributed by atoms with van der Waals surface area (Å²) in [5.74, 6) is -0.896. The maximum absolute atomic E-state index is 13.4. The van der Waals surface area contributed by atoms with Crippen molar-refractivity contribution in [3.05, 3.63) is 125 Å². The molecule has 4 aromatic rings. The fraction of sp³-hybridized carbons (Fsp3) is 0.206. The van der Waals surface area contributed by atoms with Crippen molar-refractivity contribution in [1.29, 1.82) is 0 Å². The smallest absolute Gasteiger partial charge is 0.255 e. The van der Waals surface area contributed by atoms with Crippen LogP contribution in [0.3, 0.4) is 0 Å². The molecule has 0 bridgehead atoms. The molecule has 1 saturated heterocycles. The van der Waals surface area contributed by atoms with Crippen molar-refractivity contribution in [2.75, 3.05) is 23.7 Å². The van der Waals surface area contributed by atoms with Crippen molar-refractivity contribution >= 4 is 34.6 Å². The summed E-state index contributed by atoms with van der Waals surface area (Å²) in [5.41, 5.74) is 6.40. The van der Waals surface area contributed by atoms with Gasteiger partial charge in [0.05, 0.1) is 11.4 Å². The van der Waals surface area contributed by atoms with Gasteiger partial charge in [-0.3, -0.25) is 19.5 Å². The van der Waals surface area contributed by atoms with Gasteiger partial charge in [-0.1, -0.05) is 73.2 Å². The molecule has 1 fully saturated rings. The third-order valence-corrected chi connectivity index (χ3v) is 7.56. The van der Waals surface area contributed by atoms with Crippen LogP contribution in [0, 0.1) is 0 Å². The first-order valence-electron chi connectivity index (χ1n) is 13.9. The summed E-state index contributed by atoms with van der Waals surface area (Å²) in [6.45, 7) is 3.27. The molecule has 2 amide bonds. The third-order valence-electron chi connectivity index (χ3n) is 7.56. The van der Waals surface area contributed by atoms with Crippen LogP contribution in [0.5, 0.6) is 0 Å². The van der Waals surface area contributed by atoms with Crippen LogP contribution in [0.2, 0.25) is 0 Å². The number of amides is 2. The summed E-state index contributed by atoms with van der Waals surface area (Å²) in [4.78, 5) is 33.6. The Labute approximate surface area is 234 Å². The van der Waals surface area contributed by atoms with Gasteiger partial charge in [-0.05, 0) is 79.0 Å². The van der Waals surface area contributed by atoms with Crippen molar-refractivity contribution in [2.45, 2.75) is 31.7 Å². The fourth-order valence-electron chi connectivity index (χ4n) is 5.50. The fourth-order valence-corrected chi connectivity index (χ4v) is 5.50. The van der Waals surface area contributed by atoms with Crippen molar-refractivity contribution in [2.24, 2.45) is 4.99 Å². The van der Waals surface area contributed by atoms with Gasteiger partial charge in [0.1, 0.15) is 5.92 Å². The molecule has 4 aromatic carbocycles. The van der Waals surface area contributed by atoms with Gasteiger partial charge in [0.2, 0.25) is 5.91 Å². The van der Waals surface area contributed by atoms with Crippen LogP contribution < -0.4 is 10.6 Å². The Hall–Kier alpha value is -4.55. The molecule has 0 radical (unpaired) electrons. The third kappa shape index (κ3) is 5.72. The first-order chi connectivity index (χ1) is 19.6. The number of likely N-dealkylation sites (tertiary alicyclic amines) is 1. The van der Waals surface area contributed by atoms with Gasteiger partial charge in [0.15, 0.2) is 0 Å². The molecule has 2 N–H and O–H groups in total. The number of nitrogens with zero attached hydrogens (tertiary/aromatic N) is 2. The molecule has 2 aliphatic rings. The number of hydrogen-bond acceptors (Lipinski definition) is 4. The summed E-state index contributed by atoms with van der Waals surface area (Å²) in [6, 6.07) is 32.8. The number of piperidine rings is 1. The number of carbonyl (C=O) groups is 2. The van der Waals surface area contributed by atoms with Crippen LogP contribution in [0.1, 0.15) is 52.2 Å². The molecule has 0 saturated carbocycles. The van der Waals surface area contributed by atoms with Crippen molar-refractivity contribution in [1.82, 2.24) is 4.90 Å². The van der Waals surface area contributed by atoms with E-state index in [1.807, 2.05) is 78.9 Å². The van der Waals surface area contributed by atoms with Crippen LogP contribution in [-0.4, -0.2) is 35.5 Å². The van der Waals surface area contributed by atoms with Crippen LogP contribution >= 0.6 is 0 Å². The molecule has 2 aliphatic heterocycles. The molecule has 2 heterocycles. The number of carbonyl (C=O) groups excluding carboxylic acids is 2. The topological polar surface area (TPSA) is 73.8 Å². The van der Waals surface area contributed by atoms with E-state index in [0.717, 1.165) is 36.4 Å². The lowest BCUT2D eigenvalue weighted by Crippen LogP contribution is -2.28. The molecule has 0 aliphatic carbocycles. The first-order valence-corrected chi connectivity index (χ1v) is 13.9. The molecular weight excluding hydrogens is 496 g/mol. The van der Waals surface area contributed by atoms with Crippen LogP contribution in [0.15, 0.2) is 108 Å². The van der Waals surface area contributed by atoms with E-state index in [4.69, 9.17) is 4.99 Å². The SMILES string of the molecule is O=C(Nc1ccc2c(c1)NC(=O)C2C(=Nc1ccc(CN2CCCCC2)cc1)c1ccccc1)c1ccccc1. The van der Waals surface area contributed by atoms with E-state index in [2.05, 4.69) is 27.7 Å². The predicted molar refractivity (Wildman–Crippen MR) is 160 cm³/mol. The number of anilines is 2. The van der Waals surface area contributed by atoms with Crippen LogP contribution in [0.4, 0.5) is 17.1 Å². The van der Waals surface area contributed by atoms with E-state index in [1.54, 1.807) is 12.1 Å². The second-order valence-corrected chi connectivity index (χ2v) is 10.4. The van der Waals surface area contributed by atoms with E-state index in [1.165, 1.54) is 24.8 Å². The number of fused-ring (bicyclic) bond motifs is 1. The van der Waals surface area contributed by atoms with Gasteiger partial charge in [-0.2, -0.15) is 0 Å². The Balaban J connectivity index is 1.28. The van der Waals surface area contributed by atoms with E-state index >= 15 is 0 Å². The molecule has 200 valence electrons. The van der Waals surface area contributed by atoms with Gasteiger partial charge in [0, 0.05) is 23.5 Å². The first kappa shape index (κ1) is 25.7. The molecule has 1 unspecified atom stereocenters. The molecule has 6 rings (SSSR count). The Morgan fingerprint density at radius 1 is 0.825 bits per heavy atom. The maximum atomic E-state index is 13.4. The Kier molecular flexibility index (Phi) is 7.51. The van der Waals surface area contributed by atoms with Crippen LogP contribution in [-0.2, 0) is 11.3 Å². The Bertz CT molecular complexity index is 1530. The summed E-state index contributed by atoms with van der Waals surface area (Å²) < 4.78 is 0. The zero-order chi connectivity index (χ0) is 27.3. The van der Waals surface area contributed by atoms with E-state index < -0.39 is 5.92 Å². The predicted octanol–water partition coefficient (Wildman–Crippen LogP) is 6.78. The lowest BCUT2D eigenvalue weighted by molar-refractivity contribution is -0.115. The maximum Gasteiger partial charge on any atom is 0.255 e. The summed E-state index contributed by atoms with van der Waals surface area (Å²) >= 11 is 0. The van der Waals surface area contributed by atoms with Gasteiger partial charge >= 0.3 is 0 Å². The minimum absolute atomic E-state index is 0.133. The minimum Gasteiger partial charge on any atom is -0.325 e. The average Bonchev–Trinajstić information content (AvgIpc) is 3.32. The number of rotatable bonds is 7. The molecule has 1 atom stereocenters. The van der Waals surface area contributed by atoms with E-state index in [0.29, 0.717) is 22.6 Å². The molecular formula is C34H32N4O2. The van der Waals surface area contributed by atoms with Crippen LogP contribution in [0.25, 0.3) is 0 Å². The molecule has 0 aromatic heterocycles. The van der Waals surface area contributed by atoms with Crippen molar-refractivity contribution in [3.63, 3.8) is 0 Å². The van der Waals surface area contributed by atoms with Gasteiger partial charge < -0.3 is 10.6 Å². The van der Waals surface area contributed by atoms with Gasteiger partial charge in [-0.25, -0.2) is 0 Å². The molecule has 40 heavy (non-hydrogen) atoms. The summed E-state index contributed by atoms with van der Waals surface area (Å²) in [7, 11) is 0. The van der Waals surface area contributed by atoms with Crippen molar-refractivity contribution < 1.29 is 9.59 Å². The highest BCUT2D eigenvalue weighted by Crippen LogP contribution is 2.38. The Morgan fingerprint density at radius 2 is 1.50 bits per heavy atom. The quantitative estimate of drug-likeness (QED) is 0.260. The second-order valence-electron chi connectivity index (χ2n) is 10.4. The molecule has 6 nitrogen and oxygen atoms in total. The summed E-state index contributed by atoms with van der Waals surface area (Å²) in [6.07, 6.45) is 3.87. The highest BCUT2D eigenvalue weighted by Gasteiger charge is 2.35. The zero-order valence-electron chi connectivity index (χ0n) is 22.3. The number of hydrogen-bond donors (Lipinski definition) is 2. The van der Waals surface area contributed by atoms with E-state index in [-0.39, 0.29) is 11.8 Å². The summed E-state index contributed by atoms with van der Waals surface area (Å²) in [5, 5.41) is 5.94. The zero-order valence-corrected chi connectivity index (χ0v) is 22.3. The monoisotopic (exact) mass is 528 g/mol. The number of nitrogens with one attached hydrogen (secondary N) is 2. The van der Waals surface area contributed by atoms with Gasteiger partial charge in [0.25, 0.3) is 5.91 Å². The lowest BCUT2D eigenvalue weighted by Gasteiger charge is -2.26. The lowest BCUT2D eigenvalue weighted by atomic mass is 9.90. The minimum atomic E-state index is -0.565. The number of benzene rings is 4. The standard InChI is InChI=1S/C34H32N4O2/c39-33(26-12-6-2-7-13-26)36-28-18-19-29-30(22-28)37-34(40)31(29)32(25-10-4-1-5-11-25)35-27-16-14-24(15-17-27)23-38-20-8-3-9-21-38/h1-2,4-7,10-19,22,31H,3,8-9,20-21,23H2,(H,36,39)(H,37,40). The van der Waals surface area contributed by atoms with Crippen molar-refractivity contribution in [3.8, 4) is 0 Å². The molecule has 6 heteroatoms. The Morgan fingerprint density at radius 3 is 2.20 bits per heavy atom. The highest BCUT2D eigenvalue weighted by molar-refractivity contribution is 6.24. The normalized spacial score (nSPS) is 17.2.